The number of aromatic nitrogens is 2. The van der Waals surface area contributed by atoms with Crippen LogP contribution in [-0.2, 0) is 0 Å². The van der Waals surface area contributed by atoms with Gasteiger partial charge in [-0.15, -0.1) is 0 Å². The van der Waals surface area contributed by atoms with Gasteiger partial charge in [0, 0.05) is 19.1 Å². The Kier molecular flexibility index (Phi) is 4.75. The van der Waals surface area contributed by atoms with Gasteiger partial charge in [-0.25, -0.2) is 0 Å². The summed E-state index contributed by atoms with van der Waals surface area (Å²) in [6, 6.07) is 0.374. The Morgan fingerprint density at radius 1 is 1.39 bits per heavy atom. The number of hydrogen-bond acceptors (Lipinski definition) is 5. The quantitative estimate of drug-likeness (QED) is 0.879. The highest BCUT2D eigenvalue weighted by Gasteiger charge is 2.21. The summed E-state index contributed by atoms with van der Waals surface area (Å²) in [5.41, 5.74) is 5.88. The summed E-state index contributed by atoms with van der Waals surface area (Å²) in [4.78, 5) is 11.0. The summed E-state index contributed by atoms with van der Waals surface area (Å²) in [7, 11) is 0. The fraction of sp³-hybridized carbons (Fsp3) is 0.692. The van der Waals surface area contributed by atoms with E-state index in [1.807, 2.05) is 6.92 Å². The van der Waals surface area contributed by atoms with E-state index in [0.717, 1.165) is 18.8 Å². The molecular formula is C13H22N4O. The van der Waals surface area contributed by atoms with E-state index in [-0.39, 0.29) is 0 Å². The smallest absolute Gasteiger partial charge is 0.234 e. The van der Waals surface area contributed by atoms with Crippen molar-refractivity contribution in [1.82, 2.24) is 9.97 Å². The molecule has 2 N–H and O–H groups in total. The molecule has 5 heteroatoms. The van der Waals surface area contributed by atoms with Crippen molar-refractivity contribution in [3.05, 3.63) is 12.4 Å². The van der Waals surface area contributed by atoms with E-state index in [2.05, 4.69) is 14.9 Å². The SMILES string of the molecule is CCOc1cncc(N2CCCCCC2CN)n1. The molecule has 1 aromatic rings. The van der Waals surface area contributed by atoms with Gasteiger partial charge in [0.15, 0.2) is 5.82 Å². The van der Waals surface area contributed by atoms with Crippen molar-refractivity contribution in [2.24, 2.45) is 5.73 Å². The van der Waals surface area contributed by atoms with Crippen LogP contribution in [0, 0.1) is 0 Å². The van der Waals surface area contributed by atoms with Crippen LogP contribution in [0.1, 0.15) is 32.6 Å². The zero-order valence-corrected chi connectivity index (χ0v) is 11.0. The Balaban J connectivity index is 2.18. The van der Waals surface area contributed by atoms with E-state index in [4.69, 9.17) is 10.5 Å². The number of ether oxygens (including phenoxy) is 1. The van der Waals surface area contributed by atoms with Crippen molar-refractivity contribution < 1.29 is 4.74 Å². The van der Waals surface area contributed by atoms with Crippen molar-refractivity contribution >= 4 is 5.82 Å². The van der Waals surface area contributed by atoms with Crippen LogP contribution in [0.25, 0.3) is 0 Å². The van der Waals surface area contributed by atoms with Gasteiger partial charge in [0.1, 0.15) is 0 Å². The maximum Gasteiger partial charge on any atom is 0.234 e. The van der Waals surface area contributed by atoms with Crippen molar-refractivity contribution in [3.63, 3.8) is 0 Å². The first-order valence-corrected chi connectivity index (χ1v) is 6.76. The van der Waals surface area contributed by atoms with Crippen molar-refractivity contribution in [2.45, 2.75) is 38.6 Å². The summed E-state index contributed by atoms with van der Waals surface area (Å²) >= 11 is 0. The van der Waals surface area contributed by atoms with Gasteiger partial charge in [-0.2, -0.15) is 4.98 Å². The molecule has 0 radical (unpaired) electrons. The minimum Gasteiger partial charge on any atom is -0.477 e. The topological polar surface area (TPSA) is 64.3 Å². The molecule has 2 heterocycles. The first kappa shape index (κ1) is 13.1. The van der Waals surface area contributed by atoms with E-state index in [0.29, 0.717) is 25.1 Å². The lowest BCUT2D eigenvalue weighted by atomic mass is 10.1. The van der Waals surface area contributed by atoms with E-state index in [1.54, 1.807) is 12.4 Å². The first-order valence-electron chi connectivity index (χ1n) is 6.76. The molecule has 0 amide bonds. The lowest BCUT2D eigenvalue weighted by Gasteiger charge is -2.29. The van der Waals surface area contributed by atoms with Crippen molar-refractivity contribution in [1.29, 1.82) is 0 Å². The lowest BCUT2D eigenvalue weighted by molar-refractivity contribution is 0.325. The van der Waals surface area contributed by atoms with Crippen LogP contribution in [0.15, 0.2) is 12.4 Å². The number of anilines is 1. The summed E-state index contributed by atoms with van der Waals surface area (Å²) in [6.45, 7) is 4.23. The standard InChI is InChI=1S/C13H22N4O/c1-2-18-13-10-15-9-12(16-13)17-7-5-3-4-6-11(17)8-14/h9-11H,2-8,14H2,1H3. The average molecular weight is 250 g/mol. The van der Waals surface area contributed by atoms with Gasteiger partial charge in [-0.1, -0.05) is 12.8 Å². The Labute approximate surface area is 108 Å². The normalized spacial score (nSPS) is 20.6. The van der Waals surface area contributed by atoms with Crippen LogP contribution >= 0.6 is 0 Å². The largest absolute Gasteiger partial charge is 0.477 e. The van der Waals surface area contributed by atoms with Gasteiger partial charge in [0.25, 0.3) is 0 Å². The van der Waals surface area contributed by atoms with E-state index < -0.39 is 0 Å². The number of hydrogen-bond donors (Lipinski definition) is 1. The zero-order chi connectivity index (χ0) is 12.8. The van der Waals surface area contributed by atoms with Crippen LogP contribution in [0.4, 0.5) is 5.82 Å². The molecule has 0 aliphatic carbocycles. The highest BCUT2D eigenvalue weighted by molar-refractivity contribution is 5.39. The maximum atomic E-state index is 5.88. The molecule has 5 nitrogen and oxygen atoms in total. The van der Waals surface area contributed by atoms with Crippen LogP contribution in [-0.4, -0.2) is 35.7 Å². The van der Waals surface area contributed by atoms with Gasteiger partial charge in [0.05, 0.1) is 19.0 Å². The monoisotopic (exact) mass is 250 g/mol. The molecule has 100 valence electrons. The Bertz CT molecular complexity index is 372. The molecule has 1 aromatic heterocycles. The second-order valence-corrected chi connectivity index (χ2v) is 4.58. The van der Waals surface area contributed by atoms with E-state index in [1.165, 1.54) is 19.3 Å². The van der Waals surface area contributed by atoms with Crippen LogP contribution < -0.4 is 15.4 Å². The molecule has 0 saturated carbocycles. The molecule has 1 atom stereocenters. The number of nitrogens with zero attached hydrogens (tertiary/aromatic N) is 3. The Morgan fingerprint density at radius 3 is 3.06 bits per heavy atom. The summed E-state index contributed by atoms with van der Waals surface area (Å²) in [5, 5.41) is 0. The van der Waals surface area contributed by atoms with Gasteiger partial charge in [0.2, 0.25) is 5.88 Å². The lowest BCUT2D eigenvalue weighted by Crippen LogP contribution is -2.40. The van der Waals surface area contributed by atoms with Gasteiger partial charge < -0.3 is 15.4 Å². The molecule has 2 rings (SSSR count). The minimum atomic E-state index is 0.374. The van der Waals surface area contributed by atoms with Crippen molar-refractivity contribution in [3.8, 4) is 5.88 Å². The maximum absolute atomic E-state index is 5.88. The average Bonchev–Trinajstić information content (AvgIpc) is 2.64. The second-order valence-electron chi connectivity index (χ2n) is 4.58. The zero-order valence-electron chi connectivity index (χ0n) is 11.0. The molecule has 0 spiro atoms. The fourth-order valence-electron chi connectivity index (χ4n) is 2.42. The highest BCUT2D eigenvalue weighted by atomic mass is 16.5. The molecular weight excluding hydrogens is 228 g/mol. The summed E-state index contributed by atoms with van der Waals surface area (Å²) in [5.74, 6) is 1.48. The minimum absolute atomic E-state index is 0.374. The first-order chi connectivity index (χ1) is 8.85. The molecule has 1 unspecified atom stereocenters. The molecule has 1 aliphatic heterocycles. The Hall–Kier alpha value is -1.36. The predicted octanol–water partition coefficient (Wildman–Crippen LogP) is 1.58. The summed E-state index contributed by atoms with van der Waals surface area (Å²) < 4.78 is 5.41. The molecule has 1 fully saturated rings. The van der Waals surface area contributed by atoms with Crippen LogP contribution in [0.5, 0.6) is 5.88 Å². The van der Waals surface area contributed by atoms with E-state index >= 15 is 0 Å². The third-order valence-corrected chi connectivity index (χ3v) is 3.34. The third-order valence-electron chi connectivity index (χ3n) is 3.34. The van der Waals surface area contributed by atoms with Crippen molar-refractivity contribution in [2.75, 3.05) is 24.6 Å². The van der Waals surface area contributed by atoms with Crippen LogP contribution in [0.2, 0.25) is 0 Å². The van der Waals surface area contributed by atoms with Gasteiger partial charge in [-0.3, -0.25) is 4.98 Å². The van der Waals surface area contributed by atoms with Gasteiger partial charge >= 0.3 is 0 Å². The number of nitrogens with two attached hydrogens (primary N) is 1. The van der Waals surface area contributed by atoms with Gasteiger partial charge in [-0.05, 0) is 19.8 Å². The molecule has 0 bridgehead atoms. The van der Waals surface area contributed by atoms with Crippen LogP contribution in [0.3, 0.4) is 0 Å². The molecule has 0 aromatic carbocycles. The van der Waals surface area contributed by atoms with E-state index in [9.17, 15) is 0 Å². The summed E-state index contributed by atoms with van der Waals surface area (Å²) in [6.07, 6.45) is 8.30. The number of rotatable bonds is 4. The third kappa shape index (κ3) is 3.10. The fourth-order valence-corrected chi connectivity index (χ4v) is 2.42. The molecule has 1 aliphatic rings. The Morgan fingerprint density at radius 2 is 2.28 bits per heavy atom. The highest BCUT2D eigenvalue weighted by Crippen LogP contribution is 2.22. The predicted molar refractivity (Wildman–Crippen MR) is 71.9 cm³/mol. The second kappa shape index (κ2) is 6.54. The molecule has 1 saturated heterocycles. The molecule has 18 heavy (non-hydrogen) atoms.